The van der Waals surface area contributed by atoms with E-state index in [0.717, 1.165) is 0 Å². The summed E-state index contributed by atoms with van der Waals surface area (Å²) in [5.41, 5.74) is 0.662. The third-order valence-electron chi connectivity index (χ3n) is 1.62. The molecule has 80 valence electrons. The van der Waals surface area contributed by atoms with Gasteiger partial charge in [0.1, 0.15) is 0 Å². The Morgan fingerprint density at radius 1 is 1.27 bits per heavy atom. The number of aromatic carboxylic acids is 1. The normalized spacial score (nSPS) is 9.80. The lowest BCUT2D eigenvalue weighted by atomic mass is 10.2. The number of carbonyl (C=O) groups excluding carboxylic acids is 1. The lowest BCUT2D eigenvalue weighted by molar-refractivity contribution is -0.114. The Morgan fingerprint density at radius 3 is 2.33 bits per heavy atom. The molecule has 0 spiro atoms. The first-order valence-corrected chi connectivity index (χ1v) is 5.51. The molecule has 1 aromatic rings. The molecule has 0 saturated carbocycles. The van der Waals surface area contributed by atoms with Gasteiger partial charge in [0, 0.05) is 11.4 Å². The fourth-order valence-electron chi connectivity index (χ4n) is 1.00. The van der Waals surface area contributed by atoms with Crippen molar-refractivity contribution < 1.29 is 14.7 Å². The van der Waals surface area contributed by atoms with Gasteiger partial charge in [0.15, 0.2) is 0 Å². The van der Waals surface area contributed by atoms with Gasteiger partial charge in [-0.1, -0.05) is 0 Å². The summed E-state index contributed by atoms with van der Waals surface area (Å²) in [4.78, 5) is 21.6. The highest BCUT2D eigenvalue weighted by Crippen LogP contribution is 2.33. The van der Waals surface area contributed by atoms with Gasteiger partial charge in [0.2, 0.25) is 5.91 Å². The molecular formula is C9H7Br2NO3. The van der Waals surface area contributed by atoms with Crippen LogP contribution in [-0.4, -0.2) is 17.0 Å². The number of amides is 1. The first kappa shape index (κ1) is 12.2. The third kappa shape index (κ3) is 2.79. The molecule has 0 atom stereocenters. The molecule has 0 aliphatic carbocycles. The topological polar surface area (TPSA) is 66.4 Å². The SMILES string of the molecule is CC(=O)Nc1ccc(C(=O)O)c(Br)c1Br. The van der Waals surface area contributed by atoms with Crippen LogP contribution in [0.3, 0.4) is 0 Å². The van der Waals surface area contributed by atoms with Gasteiger partial charge >= 0.3 is 5.97 Å². The Morgan fingerprint density at radius 2 is 1.87 bits per heavy atom. The molecule has 1 aromatic carbocycles. The van der Waals surface area contributed by atoms with Gasteiger partial charge in [0.05, 0.1) is 15.7 Å². The maximum absolute atomic E-state index is 10.8. The van der Waals surface area contributed by atoms with Crippen molar-refractivity contribution in [1.29, 1.82) is 0 Å². The van der Waals surface area contributed by atoms with E-state index in [4.69, 9.17) is 5.11 Å². The van der Waals surface area contributed by atoms with Crippen molar-refractivity contribution in [3.63, 3.8) is 0 Å². The van der Waals surface area contributed by atoms with Crippen LogP contribution in [0.25, 0.3) is 0 Å². The minimum absolute atomic E-state index is 0.135. The minimum Gasteiger partial charge on any atom is -0.478 e. The Bertz CT molecular complexity index is 432. The highest BCUT2D eigenvalue weighted by atomic mass is 79.9. The van der Waals surface area contributed by atoms with E-state index in [9.17, 15) is 9.59 Å². The molecule has 0 unspecified atom stereocenters. The number of carboxylic acids is 1. The van der Waals surface area contributed by atoms with Crippen molar-refractivity contribution in [1.82, 2.24) is 0 Å². The number of halogens is 2. The molecular weight excluding hydrogens is 330 g/mol. The number of benzene rings is 1. The van der Waals surface area contributed by atoms with E-state index >= 15 is 0 Å². The lowest BCUT2D eigenvalue weighted by Crippen LogP contribution is -2.07. The monoisotopic (exact) mass is 335 g/mol. The van der Waals surface area contributed by atoms with E-state index in [0.29, 0.717) is 14.6 Å². The van der Waals surface area contributed by atoms with Crippen LogP contribution in [0.4, 0.5) is 5.69 Å². The Kier molecular flexibility index (Phi) is 3.87. The van der Waals surface area contributed by atoms with E-state index in [1.165, 1.54) is 19.1 Å². The van der Waals surface area contributed by atoms with E-state index in [1.54, 1.807) is 0 Å². The summed E-state index contributed by atoms with van der Waals surface area (Å²) < 4.78 is 0.916. The standard InChI is InChI=1S/C9H7Br2NO3/c1-4(13)12-6-3-2-5(9(14)15)7(10)8(6)11/h2-3H,1H3,(H,12,13)(H,14,15). The highest BCUT2D eigenvalue weighted by Gasteiger charge is 2.14. The molecule has 0 aliphatic heterocycles. The van der Waals surface area contributed by atoms with Crippen LogP contribution in [0.15, 0.2) is 21.1 Å². The lowest BCUT2D eigenvalue weighted by Gasteiger charge is -2.08. The van der Waals surface area contributed by atoms with Gasteiger partial charge in [-0.3, -0.25) is 4.79 Å². The number of nitrogens with one attached hydrogen (secondary N) is 1. The van der Waals surface area contributed by atoms with Gasteiger partial charge < -0.3 is 10.4 Å². The van der Waals surface area contributed by atoms with Crippen molar-refractivity contribution >= 4 is 49.4 Å². The van der Waals surface area contributed by atoms with Crippen LogP contribution in [0.5, 0.6) is 0 Å². The molecule has 6 heteroatoms. The van der Waals surface area contributed by atoms with Crippen LogP contribution < -0.4 is 5.32 Å². The Balaban J connectivity index is 3.21. The first-order chi connectivity index (χ1) is 6.93. The predicted octanol–water partition coefficient (Wildman–Crippen LogP) is 2.87. The second-order valence-electron chi connectivity index (χ2n) is 2.77. The average molecular weight is 337 g/mol. The summed E-state index contributed by atoms with van der Waals surface area (Å²) in [6.45, 7) is 1.38. The van der Waals surface area contributed by atoms with Crippen LogP contribution in [0.1, 0.15) is 17.3 Å². The van der Waals surface area contributed by atoms with Crippen molar-refractivity contribution in [2.45, 2.75) is 6.92 Å². The minimum atomic E-state index is -1.03. The predicted molar refractivity (Wildman–Crippen MR) is 63.1 cm³/mol. The highest BCUT2D eigenvalue weighted by molar-refractivity contribution is 9.13. The van der Waals surface area contributed by atoms with Crippen LogP contribution >= 0.6 is 31.9 Å². The van der Waals surface area contributed by atoms with Crippen molar-refractivity contribution in [3.8, 4) is 0 Å². The number of anilines is 1. The molecule has 0 saturated heterocycles. The summed E-state index contributed by atoms with van der Waals surface area (Å²) in [6.07, 6.45) is 0. The molecule has 0 aliphatic rings. The van der Waals surface area contributed by atoms with Crippen molar-refractivity contribution in [3.05, 3.63) is 26.6 Å². The van der Waals surface area contributed by atoms with Gasteiger partial charge in [-0.05, 0) is 44.0 Å². The quantitative estimate of drug-likeness (QED) is 0.872. The molecule has 0 aromatic heterocycles. The van der Waals surface area contributed by atoms with Crippen molar-refractivity contribution in [2.75, 3.05) is 5.32 Å². The summed E-state index contributed by atoms with van der Waals surface area (Å²) >= 11 is 6.35. The summed E-state index contributed by atoms with van der Waals surface area (Å²) in [5, 5.41) is 11.4. The molecule has 1 amide bonds. The second kappa shape index (κ2) is 4.76. The smallest absolute Gasteiger partial charge is 0.336 e. The Hall–Kier alpha value is -0.880. The molecule has 0 heterocycles. The maximum Gasteiger partial charge on any atom is 0.336 e. The first-order valence-electron chi connectivity index (χ1n) is 3.92. The molecule has 0 radical (unpaired) electrons. The molecule has 2 N–H and O–H groups in total. The molecule has 4 nitrogen and oxygen atoms in total. The number of carbonyl (C=O) groups is 2. The molecule has 0 bridgehead atoms. The zero-order valence-corrected chi connectivity index (χ0v) is 10.8. The summed E-state index contributed by atoms with van der Waals surface area (Å²) in [7, 11) is 0. The summed E-state index contributed by atoms with van der Waals surface area (Å²) in [5.74, 6) is -1.25. The fourth-order valence-corrected chi connectivity index (χ4v) is 1.96. The van der Waals surface area contributed by atoms with Gasteiger partial charge in [0.25, 0.3) is 0 Å². The molecule has 1 rings (SSSR count). The zero-order chi connectivity index (χ0) is 11.6. The van der Waals surface area contributed by atoms with Crippen LogP contribution in [0.2, 0.25) is 0 Å². The molecule has 0 fully saturated rings. The molecule has 15 heavy (non-hydrogen) atoms. The van der Waals surface area contributed by atoms with E-state index in [2.05, 4.69) is 37.2 Å². The second-order valence-corrected chi connectivity index (χ2v) is 4.36. The van der Waals surface area contributed by atoms with Gasteiger partial charge in [-0.15, -0.1) is 0 Å². The fraction of sp³-hybridized carbons (Fsp3) is 0.111. The van der Waals surface area contributed by atoms with Gasteiger partial charge in [-0.25, -0.2) is 4.79 Å². The summed E-state index contributed by atoms with van der Waals surface area (Å²) in [6, 6.07) is 2.95. The maximum atomic E-state index is 10.8. The van der Waals surface area contributed by atoms with Crippen LogP contribution in [-0.2, 0) is 4.79 Å². The third-order valence-corrected chi connectivity index (χ3v) is 3.80. The Labute approximate surface area is 103 Å². The van der Waals surface area contributed by atoms with E-state index < -0.39 is 5.97 Å². The zero-order valence-electron chi connectivity index (χ0n) is 7.67. The van der Waals surface area contributed by atoms with E-state index in [1.807, 2.05) is 0 Å². The largest absolute Gasteiger partial charge is 0.478 e. The van der Waals surface area contributed by atoms with E-state index in [-0.39, 0.29) is 11.5 Å². The number of rotatable bonds is 2. The number of hydrogen-bond donors (Lipinski definition) is 2. The van der Waals surface area contributed by atoms with Crippen LogP contribution in [0, 0.1) is 0 Å². The van der Waals surface area contributed by atoms with Gasteiger partial charge in [-0.2, -0.15) is 0 Å². The average Bonchev–Trinajstić information content (AvgIpc) is 2.12. The number of hydrogen-bond acceptors (Lipinski definition) is 2. The van der Waals surface area contributed by atoms with Crippen molar-refractivity contribution in [2.24, 2.45) is 0 Å². The number of carboxylic acid groups (broad SMARTS) is 1.